The predicted molar refractivity (Wildman–Crippen MR) is 98.9 cm³/mol. The number of carbonyl (C=O) groups is 1. The van der Waals surface area contributed by atoms with Gasteiger partial charge < -0.3 is 5.32 Å². The fraction of sp³-hybridized carbons (Fsp3) is 0.235. The minimum absolute atomic E-state index is 0.154. The molecule has 0 radical (unpaired) electrons. The van der Waals surface area contributed by atoms with E-state index in [2.05, 4.69) is 21.2 Å². The Labute approximate surface area is 150 Å². The summed E-state index contributed by atoms with van der Waals surface area (Å²) in [5.74, 6) is -0.288. The van der Waals surface area contributed by atoms with Crippen molar-refractivity contribution < 1.29 is 13.2 Å². The van der Waals surface area contributed by atoms with Crippen molar-refractivity contribution >= 4 is 37.5 Å². The molecule has 0 aliphatic heterocycles. The van der Waals surface area contributed by atoms with Gasteiger partial charge in [-0.1, -0.05) is 15.9 Å². The van der Waals surface area contributed by atoms with Crippen LogP contribution in [0.5, 0.6) is 0 Å². The molecule has 0 fully saturated rings. The lowest BCUT2D eigenvalue weighted by atomic mass is 10.1. The van der Waals surface area contributed by atoms with Gasteiger partial charge >= 0.3 is 0 Å². The van der Waals surface area contributed by atoms with Crippen molar-refractivity contribution in [2.75, 3.05) is 19.4 Å². The number of hydrogen-bond donors (Lipinski definition) is 1. The van der Waals surface area contributed by atoms with Gasteiger partial charge in [-0.05, 0) is 61.4 Å². The maximum atomic E-state index is 12.4. The first-order valence-corrected chi connectivity index (χ1v) is 9.47. The average molecular weight is 411 g/mol. The van der Waals surface area contributed by atoms with Crippen molar-refractivity contribution in [2.24, 2.45) is 0 Å². The first-order valence-electron chi connectivity index (χ1n) is 7.23. The monoisotopic (exact) mass is 410 g/mol. The Bertz CT molecular complexity index is 875. The van der Waals surface area contributed by atoms with E-state index in [1.165, 1.54) is 20.2 Å². The van der Waals surface area contributed by atoms with Gasteiger partial charge in [0.05, 0.1) is 4.90 Å². The number of carbonyl (C=O) groups excluding carboxylic acids is 1. The molecule has 5 nitrogen and oxygen atoms in total. The fourth-order valence-electron chi connectivity index (χ4n) is 2.11. The van der Waals surface area contributed by atoms with Crippen LogP contribution in [0.3, 0.4) is 0 Å². The SMILES string of the molecule is Cc1cc(S(=O)(=O)N(C)C)cc(NC(=O)c2ccc(Br)cc2)c1C. The molecule has 0 saturated carbocycles. The summed E-state index contributed by atoms with van der Waals surface area (Å²) in [6.07, 6.45) is 0. The van der Waals surface area contributed by atoms with Gasteiger partial charge in [-0.25, -0.2) is 12.7 Å². The molecule has 128 valence electrons. The number of nitrogens with one attached hydrogen (secondary N) is 1. The zero-order valence-corrected chi connectivity index (χ0v) is 16.3. The lowest BCUT2D eigenvalue weighted by Gasteiger charge is -2.16. The highest BCUT2D eigenvalue weighted by Gasteiger charge is 2.20. The number of rotatable bonds is 4. The Hall–Kier alpha value is -1.70. The van der Waals surface area contributed by atoms with Crippen LogP contribution in [-0.4, -0.2) is 32.7 Å². The van der Waals surface area contributed by atoms with Crippen molar-refractivity contribution in [1.29, 1.82) is 0 Å². The number of nitrogens with zero attached hydrogens (tertiary/aromatic N) is 1. The highest BCUT2D eigenvalue weighted by Crippen LogP contribution is 2.26. The third-order valence-electron chi connectivity index (χ3n) is 3.77. The molecular formula is C17H19BrN2O3S. The maximum Gasteiger partial charge on any atom is 0.255 e. The molecule has 0 saturated heterocycles. The van der Waals surface area contributed by atoms with E-state index in [9.17, 15) is 13.2 Å². The maximum absolute atomic E-state index is 12.4. The summed E-state index contributed by atoms with van der Waals surface area (Å²) in [5, 5.41) is 2.80. The van der Waals surface area contributed by atoms with Gasteiger partial charge in [-0.2, -0.15) is 0 Å². The molecule has 0 aliphatic rings. The molecule has 1 amide bonds. The molecule has 0 spiro atoms. The number of halogens is 1. The Morgan fingerprint density at radius 1 is 1.08 bits per heavy atom. The van der Waals surface area contributed by atoms with E-state index < -0.39 is 10.0 Å². The Morgan fingerprint density at radius 3 is 2.21 bits per heavy atom. The normalized spacial score (nSPS) is 11.6. The smallest absolute Gasteiger partial charge is 0.255 e. The average Bonchev–Trinajstić information content (AvgIpc) is 2.51. The second kappa shape index (κ2) is 7.04. The summed E-state index contributed by atoms with van der Waals surface area (Å²) >= 11 is 3.32. The first kappa shape index (κ1) is 18.6. The van der Waals surface area contributed by atoms with E-state index in [4.69, 9.17) is 0 Å². The summed E-state index contributed by atoms with van der Waals surface area (Å²) in [6.45, 7) is 3.66. The second-order valence-corrected chi connectivity index (χ2v) is 8.73. The minimum Gasteiger partial charge on any atom is -0.322 e. The van der Waals surface area contributed by atoms with Crippen LogP contribution in [0.2, 0.25) is 0 Å². The van der Waals surface area contributed by atoms with Crippen LogP contribution >= 0.6 is 15.9 Å². The molecule has 7 heteroatoms. The van der Waals surface area contributed by atoms with Crippen molar-refractivity contribution in [1.82, 2.24) is 4.31 Å². The molecule has 2 rings (SSSR count). The largest absolute Gasteiger partial charge is 0.322 e. The Kier molecular flexibility index (Phi) is 5.47. The van der Waals surface area contributed by atoms with Crippen LogP contribution in [0.4, 0.5) is 5.69 Å². The van der Waals surface area contributed by atoms with Gasteiger partial charge in [0.1, 0.15) is 0 Å². The summed E-state index contributed by atoms with van der Waals surface area (Å²) in [6, 6.07) is 10.1. The number of sulfonamides is 1. The van der Waals surface area contributed by atoms with E-state index in [0.717, 1.165) is 19.9 Å². The first-order chi connectivity index (χ1) is 11.1. The molecule has 2 aromatic carbocycles. The van der Waals surface area contributed by atoms with Gasteiger partial charge in [0, 0.05) is 29.8 Å². The zero-order valence-electron chi connectivity index (χ0n) is 13.9. The van der Waals surface area contributed by atoms with Crippen LogP contribution in [0.25, 0.3) is 0 Å². The highest BCUT2D eigenvalue weighted by molar-refractivity contribution is 9.10. The molecule has 0 unspecified atom stereocenters. The van der Waals surface area contributed by atoms with Gasteiger partial charge in [0.2, 0.25) is 10.0 Å². The van der Waals surface area contributed by atoms with E-state index in [1.807, 2.05) is 13.8 Å². The molecule has 1 N–H and O–H groups in total. The molecule has 0 aromatic heterocycles. The minimum atomic E-state index is -3.57. The molecule has 0 bridgehead atoms. The second-order valence-electron chi connectivity index (χ2n) is 5.66. The van der Waals surface area contributed by atoms with Crippen LogP contribution in [0.1, 0.15) is 21.5 Å². The van der Waals surface area contributed by atoms with Gasteiger partial charge in [-0.3, -0.25) is 4.79 Å². The van der Waals surface area contributed by atoms with Gasteiger partial charge in [0.25, 0.3) is 5.91 Å². The van der Waals surface area contributed by atoms with Crippen molar-refractivity contribution in [3.63, 3.8) is 0 Å². The highest BCUT2D eigenvalue weighted by atomic mass is 79.9. The molecule has 0 aliphatic carbocycles. The quantitative estimate of drug-likeness (QED) is 0.837. The van der Waals surface area contributed by atoms with Crippen molar-refractivity contribution in [2.45, 2.75) is 18.7 Å². The van der Waals surface area contributed by atoms with E-state index in [-0.39, 0.29) is 10.8 Å². The molecule has 0 heterocycles. The third-order valence-corrected chi connectivity index (χ3v) is 6.10. The lowest BCUT2D eigenvalue weighted by Crippen LogP contribution is -2.23. The zero-order chi connectivity index (χ0) is 18.1. The van der Waals surface area contributed by atoms with Crippen molar-refractivity contribution in [3.8, 4) is 0 Å². The predicted octanol–water partition coefficient (Wildman–Crippen LogP) is 3.57. The van der Waals surface area contributed by atoms with Crippen LogP contribution in [-0.2, 0) is 10.0 Å². The van der Waals surface area contributed by atoms with Crippen molar-refractivity contribution in [3.05, 3.63) is 57.6 Å². The molecule has 2 aromatic rings. The molecule has 24 heavy (non-hydrogen) atoms. The standard InChI is InChI=1S/C17H19BrN2O3S/c1-11-9-15(24(22,23)20(3)4)10-16(12(11)2)19-17(21)13-5-7-14(18)8-6-13/h5-10H,1-4H3,(H,19,21). The van der Waals surface area contributed by atoms with Crippen LogP contribution < -0.4 is 5.32 Å². The van der Waals surface area contributed by atoms with E-state index in [1.54, 1.807) is 30.3 Å². The fourth-order valence-corrected chi connectivity index (χ4v) is 3.39. The van der Waals surface area contributed by atoms with Crippen LogP contribution in [0, 0.1) is 13.8 Å². The topological polar surface area (TPSA) is 66.5 Å². The van der Waals surface area contributed by atoms with Crippen LogP contribution in [0.15, 0.2) is 45.8 Å². The lowest BCUT2D eigenvalue weighted by molar-refractivity contribution is 0.102. The number of anilines is 1. The Morgan fingerprint density at radius 2 is 1.67 bits per heavy atom. The number of hydrogen-bond acceptors (Lipinski definition) is 3. The summed E-state index contributed by atoms with van der Waals surface area (Å²) in [7, 11) is -0.615. The van der Waals surface area contributed by atoms with E-state index >= 15 is 0 Å². The third kappa shape index (κ3) is 3.85. The number of aryl methyl sites for hydroxylation is 1. The van der Waals surface area contributed by atoms with Gasteiger partial charge in [-0.15, -0.1) is 0 Å². The number of benzene rings is 2. The molecule has 0 atom stereocenters. The Balaban J connectivity index is 2.41. The number of amides is 1. The summed E-state index contributed by atoms with van der Waals surface area (Å²) in [5.41, 5.74) is 2.61. The molecular weight excluding hydrogens is 392 g/mol. The summed E-state index contributed by atoms with van der Waals surface area (Å²) < 4.78 is 26.7. The van der Waals surface area contributed by atoms with E-state index in [0.29, 0.717) is 11.3 Å². The summed E-state index contributed by atoms with van der Waals surface area (Å²) in [4.78, 5) is 12.6. The van der Waals surface area contributed by atoms with Gasteiger partial charge in [0.15, 0.2) is 0 Å².